The van der Waals surface area contributed by atoms with Crippen molar-refractivity contribution in [3.05, 3.63) is 111 Å². The molecule has 0 saturated carbocycles. The molecule has 3 saturated heterocycles. The van der Waals surface area contributed by atoms with Crippen molar-refractivity contribution < 1.29 is 19.1 Å². The summed E-state index contributed by atoms with van der Waals surface area (Å²) in [5.74, 6) is -0.688. The van der Waals surface area contributed by atoms with Gasteiger partial charge < -0.3 is 30.2 Å². The number of anilines is 3. The molecule has 1 aromatic heterocycles. The molecule has 1 atom stereocenters. The molecule has 3 amide bonds. The maximum atomic E-state index is 14.0. The predicted octanol–water partition coefficient (Wildman–Crippen LogP) is 5.44. The van der Waals surface area contributed by atoms with Crippen molar-refractivity contribution in [2.75, 3.05) is 61.1 Å². The molecule has 1 unspecified atom stereocenters. The largest absolute Gasteiger partial charge is 0.381 e. The van der Waals surface area contributed by atoms with E-state index in [1.54, 1.807) is 0 Å². The zero-order valence-corrected chi connectivity index (χ0v) is 33.6. The Morgan fingerprint density at radius 2 is 1.65 bits per heavy atom. The highest BCUT2D eigenvalue weighted by molar-refractivity contribution is 6.01. The molecule has 7 rings (SSSR count). The number of nitrogens with one attached hydrogen (secondary N) is 4. The van der Waals surface area contributed by atoms with E-state index < -0.39 is 6.04 Å². The average molecular weight is 774 g/mol. The highest BCUT2D eigenvalue weighted by Crippen LogP contribution is 2.35. The van der Waals surface area contributed by atoms with E-state index in [4.69, 9.17) is 4.74 Å². The summed E-state index contributed by atoms with van der Waals surface area (Å²) in [4.78, 5) is 60.7. The summed E-state index contributed by atoms with van der Waals surface area (Å²) >= 11 is 0. The van der Waals surface area contributed by atoms with Crippen LogP contribution in [0.3, 0.4) is 0 Å². The Morgan fingerprint density at radius 3 is 2.35 bits per heavy atom. The first-order valence-electron chi connectivity index (χ1n) is 20.3. The normalized spacial score (nSPS) is 18.0. The highest BCUT2D eigenvalue weighted by atomic mass is 16.5. The number of H-pyrrole nitrogens is 1. The van der Waals surface area contributed by atoms with Gasteiger partial charge in [0, 0.05) is 105 Å². The van der Waals surface area contributed by atoms with Crippen LogP contribution < -0.4 is 31.3 Å². The maximum absolute atomic E-state index is 14.0. The van der Waals surface area contributed by atoms with Crippen LogP contribution in [0.5, 0.6) is 0 Å². The van der Waals surface area contributed by atoms with Gasteiger partial charge in [0.15, 0.2) is 0 Å². The standard InChI is InChI=1S/C45H55N7O5/c1-5-52(37-15-21-57-22-16-37)41-26-34(25-38(31(41)4)43(54)46-27-39-29(2)23-30(3)47-44(39)55)33-9-11-36(12-10-33)51-19-17-50(18-20-51)28-32-7-6-8-35(24-32)48-40-13-14-42(53)49-45(40)56/h6-12,23-26,37,40,48H,5,13-22,27-28H2,1-4H3,(H,46,54)(H,47,55)(H,49,53,56). The van der Waals surface area contributed by atoms with E-state index in [0.29, 0.717) is 30.0 Å². The first-order valence-corrected chi connectivity index (χ1v) is 20.3. The van der Waals surface area contributed by atoms with Gasteiger partial charge in [-0.3, -0.25) is 29.4 Å². The Labute approximate surface area is 335 Å². The average Bonchev–Trinajstić information content (AvgIpc) is 3.20. The van der Waals surface area contributed by atoms with Gasteiger partial charge in [-0.1, -0.05) is 24.3 Å². The first kappa shape index (κ1) is 39.8. The Hall–Kier alpha value is -5.46. The van der Waals surface area contributed by atoms with E-state index in [9.17, 15) is 19.2 Å². The summed E-state index contributed by atoms with van der Waals surface area (Å²) in [6, 6.07) is 22.9. The van der Waals surface area contributed by atoms with Crippen molar-refractivity contribution in [1.29, 1.82) is 0 Å². The van der Waals surface area contributed by atoms with Crippen LogP contribution in [0.2, 0.25) is 0 Å². The van der Waals surface area contributed by atoms with Crippen molar-refractivity contribution in [1.82, 2.24) is 20.5 Å². The fourth-order valence-electron chi connectivity index (χ4n) is 8.47. The van der Waals surface area contributed by atoms with E-state index in [2.05, 4.69) is 85.0 Å². The number of aryl methyl sites for hydroxylation is 2. The third-order valence-corrected chi connectivity index (χ3v) is 11.7. The lowest BCUT2D eigenvalue weighted by Crippen LogP contribution is -2.47. The first-order chi connectivity index (χ1) is 27.6. The Balaban J connectivity index is 1.04. The summed E-state index contributed by atoms with van der Waals surface area (Å²) in [5, 5.41) is 8.77. The molecule has 300 valence electrons. The summed E-state index contributed by atoms with van der Waals surface area (Å²) in [5.41, 5.74) is 9.83. The second-order valence-corrected chi connectivity index (χ2v) is 15.6. The molecule has 0 radical (unpaired) electrons. The van der Waals surface area contributed by atoms with Gasteiger partial charge in [0.1, 0.15) is 6.04 Å². The van der Waals surface area contributed by atoms with E-state index in [-0.39, 0.29) is 29.8 Å². The number of pyridine rings is 1. The Bertz CT molecular complexity index is 2150. The number of nitrogens with zero attached hydrogens (tertiary/aromatic N) is 3. The fraction of sp³-hybridized carbons (Fsp3) is 0.422. The van der Waals surface area contributed by atoms with Crippen LogP contribution in [0.4, 0.5) is 17.1 Å². The quantitative estimate of drug-likeness (QED) is 0.139. The Morgan fingerprint density at radius 1 is 0.895 bits per heavy atom. The maximum Gasteiger partial charge on any atom is 0.253 e. The van der Waals surface area contributed by atoms with Crippen LogP contribution in [-0.4, -0.2) is 85.6 Å². The number of carbonyl (C=O) groups excluding carboxylic acids is 3. The molecule has 0 bridgehead atoms. The lowest BCUT2D eigenvalue weighted by Gasteiger charge is -2.37. The lowest BCUT2D eigenvalue weighted by atomic mass is 9.95. The number of piperidine rings is 1. The van der Waals surface area contributed by atoms with Crippen LogP contribution in [0.1, 0.15) is 70.9 Å². The predicted molar refractivity (Wildman–Crippen MR) is 225 cm³/mol. The van der Waals surface area contributed by atoms with Gasteiger partial charge in [0.25, 0.3) is 11.5 Å². The molecule has 4 N–H and O–H groups in total. The van der Waals surface area contributed by atoms with Gasteiger partial charge in [-0.05, 0) is 117 Å². The van der Waals surface area contributed by atoms with Crippen molar-refractivity contribution >= 4 is 34.8 Å². The Kier molecular flexibility index (Phi) is 12.4. The van der Waals surface area contributed by atoms with Gasteiger partial charge in [0.05, 0.1) is 0 Å². The number of rotatable bonds is 12. The number of benzene rings is 3. The number of carbonyl (C=O) groups is 3. The monoisotopic (exact) mass is 773 g/mol. The molecule has 0 spiro atoms. The van der Waals surface area contributed by atoms with Gasteiger partial charge in [-0.2, -0.15) is 0 Å². The molecule has 3 aromatic carbocycles. The van der Waals surface area contributed by atoms with Gasteiger partial charge in [0.2, 0.25) is 11.8 Å². The van der Waals surface area contributed by atoms with Crippen molar-refractivity contribution in [2.45, 2.75) is 78.6 Å². The minimum Gasteiger partial charge on any atom is -0.381 e. The summed E-state index contributed by atoms with van der Waals surface area (Å²) in [6.07, 6.45) is 2.71. The number of imide groups is 1. The minimum atomic E-state index is -0.405. The van der Waals surface area contributed by atoms with E-state index >= 15 is 0 Å². The topological polar surface area (TPSA) is 139 Å². The number of ether oxygens (including phenoxy) is 1. The van der Waals surface area contributed by atoms with E-state index in [1.165, 1.54) is 5.56 Å². The molecule has 57 heavy (non-hydrogen) atoms. The van der Waals surface area contributed by atoms with Crippen LogP contribution in [0.25, 0.3) is 11.1 Å². The third kappa shape index (κ3) is 9.40. The molecular formula is C45H55N7O5. The van der Waals surface area contributed by atoms with Crippen LogP contribution in [-0.2, 0) is 27.4 Å². The van der Waals surface area contributed by atoms with Gasteiger partial charge in [-0.25, -0.2) is 0 Å². The molecule has 12 heteroatoms. The van der Waals surface area contributed by atoms with E-state index in [0.717, 1.165) is 110 Å². The van der Waals surface area contributed by atoms with Crippen molar-refractivity contribution in [3.63, 3.8) is 0 Å². The minimum absolute atomic E-state index is 0.146. The van der Waals surface area contributed by atoms with Crippen LogP contribution in [0, 0.1) is 20.8 Å². The number of piperazine rings is 1. The highest BCUT2D eigenvalue weighted by Gasteiger charge is 2.27. The van der Waals surface area contributed by atoms with Gasteiger partial charge in [-0.15, -0.1) is 0 Å². The second-order valence-electron chi connectivity index (χ2n) is 15.6. The molecule has 3 fully saturated rings. The molecule has 12 nitrogen and oxygen atoms in total. The molecule has 4 aromatic rings. The molecule has 3 aliphatic rings. The number of aromatic amines is 1. The zero-order valence-electron chi connectivity index (χ0n) is 33.6. The summed E-state index contributed by atoms with van der Waals surface area (Å²) in [7, 11) is 0. The summed E-state index contributed by atoms with van der Waals surface area (Å²) in [6.45, 7) is 14.8. The summed E-state index contributed by atoms with van der Waals surface area (Å²) < 4.78 is 5.70. The van der Waals surface area contributed by atoms with Crippen molar-refractivity contribution in [2.24, 2.45) is 0 Å². The lowest BCUT2D eigenvalue weighted by molar-refractivity contribution is -0.133. The number of aromatic nitrogens is 1. The number of hydrogen-bond donors (Lipinski definition) is 4. The number of hydrogen-bond acceptors (Lipinski definition) is 9. The number of amides is 3. The van der Waals surface area contributed by atoms with Crippen LogP contribution in [0.15, 0.2) is 71.5 Å². The fourth-order valence-corrected chi connectivity index (χ4v) is 8.47. The zero-order chi connectivity index (χ0) is 40.1. The second kappa shape index (κ2) is 17.8. The molecule has 3 aliphatic heterocycles. The molecular weight excluding hydrogens is 719 g/mol. The smallest absolute Gasteiger partial charge is 0.253 e. The third-order valence-electron chi connectivity index (χ3n) is 11.7. The molecule has 0 aliphatic carbocycles. The van der Waals surface area contributed by atoms with E-state index in [1.807, 2.05) is 45.0 Å². The van der Waals surface area contributed by atoms with Gasteiger partial charge >= 0.3 is 0 Å². The SMILES string of the molecule is CCN(c1cc(-c2ccc(N3CCN(Cc4cccc(NC5CCC(=O)NC5=O)c4)CC3)cc2)cc(C(=O)NCc2c(C)cc(C)[nH]c2=O)c1C)C1CCOCC1. The van der Waals surface area contributed by atoms with Crippen molar-refractivity contribution in [3.8, 4) is 11.1 Å². The van der Waals surface area contributed by atoms with Crippen LogP contribution >= 0.6 is 0 Å². The molecule has 4 heterocycles.